The smallest absolute Gasteiger partial charge is 0.339 e. The van der Waals surface area contributed by atoms with Gasteiger partial charge in [-0.3, -0.25) is 9.69 Å². The fourth-order valence-corrected chi connectivity index (χ4v) is 6.85. The molecule has 0 unspecified atom stereocenters. The topological polar surface area (TPSA) is 124 Å². The van der Waals surface area contributed by atoms with E-state index in [1.807, 2.05) is 12.1 Å². The molecule has 2 N–H and O–H groups in total. The number of carbonyl (C=O) groups is 2. The van der Waals surface area contributed by atoms with Crippen LogP contribution in [0.4, 0.5) is 0 Å². The molecule has 4 aliphatic rings. The molecule has 1 aromatic rings. The van der Waals surface area contributed by atoms with Gasteiger partial charge in [-0.15, -0.1) is 0 Å². The summed E-state index contributed by atoms with van der Waals surface area (Å²) in [4.78, 5) is 28.7. The normalized spacial score (nSPS) is 26.6. The molecule has 1 spiro atoms. The number of benzene rings is 1. The highest BCUT2D eigenvalue weighted by Crippen LogP contribution is 2.55. The van der Waals surface area contributed by atoms with Gasteiger partial charge in [0.25, 0.3) is 0 Å². The quantitative estimate of drug-likeness (QED) is 0.414. The van der Waals surface area contributed by atoms with E-state index in [9.17, 15) is 19.8 Å². The van der Waals surface area contributed by atoms with Crippen LogP contribution in [0.5, 0.6) is 11.5 Å². The molecule has 40 heavy (non-hydrogen) atoms. The van der Waals surface area contributed by atoms with Crippen molar-refractivity contribution >= 4 is 11.9 Å². The standard InChI is InChI=1S/C30H41NO9/c1-5-37-24(32)17-30(35,11-6-9-28(2,3)34)27(33)40-26-23(36-4)16-29-10-7-12-31(29)13-8-19-14-21-22(39-18-38-21)15-20(19)25(26)29/h14-16,25-26,34-35H,5-13,17-18H2,1-4H3/t25-,26-,29+,30-/m1/s1. The summed E-state index contributed by atoms with van der Waals surface area (Å²) in [7, 11) is 1.56. The first-order valence-corrected chi connectivity index (χ1v) is 14.3. The number of hydrogen-bond donors (Lipinski definition) is 2. The van der Waals surface area contributed by atoms with E-state index in [0.717, 1.165) is 43.5 Å². The highest BCUT2D eigenvalue weighted by Gasteiger charge is 2.59. The lowest BCUT2D eigenvalue weighted by atomic mass is 9.77. The average Bonchev–Trinajstić information content (AvgIpc) is 3.57. The van der Waals surface area contributed by atoms with E-state index in [1.54, 1.807) is 27.9 Å². The molecular formula is C30H41NO9. The summed E-state index contributed by atoms with van der Waals surface area (Å²) in [5, 5.41) is 21.8. The number of nitrogens with zero attached hydrogens (tertiary/aromatic N) is 1. The third-order valence-electron chi connectivity index (χ3n) is 8.70. The lowest BCUT2D eigenvalue weighted by Gasteiger charge is -2.39. The van der Waals surface area contributed by atoms with Crippen molar-refractivity contribution < 1.29 is 43.5 Å². The molecule has 1 aromatic carbocycles. The molecule has 10 nitrogen and oxygen atoms in total. The van der Waals surface area contributed by atoms with Crippen LogP contribution in [0.1, 0.15) is 76.3 Å². The second-order valence-electron chi connectivity index (χ2n) is 12.0. The largest absolute Gasteiger partial charge is 0.497 e. The Bertz CT molecular complexity index is 1170. The first-order chi connectivity index (χ1) is 19.0. The fourth-order valence-electron chi connectivity index (χ4n) is 6.85. The Balaban J connectivity index is 1.49. The van der Waals surface area contributed by atoms with E-state index in [1.165, 1.54) is 0 Å². The maximum absolute atomic E-state index is 13.8. The van der Waals surface area contributed by atoms with Gasteiger partial charge in [0.05, 0.1) is 37.2 Å². The molecule has 220 valence electrons. The van der Waals surface area contributed by atoms with Gasteiger partial charge in [-0.1, -0.05) is 0 Å². The van der Waals surface area contributed by atoms with Gasteiger partial charge in [0.1, 0.15) is 5.76 Å². The zero-order valence-electron chi connectivity index (χ0n) is 23.9. The summed E-state index contributed by atoms with van der Waals surface area (Å²) in [6.07, 6.45) is 3.97. The van der Waals surface area contributed by atoms with Gasteiger partial charge in [0.2, 0.25) is 6.79 Å². The first-order valence-electron chi connectivity index (χ1n) is 14.3. The van der Waals surface area contributed by atoms with Crippen LogP contribution in [-0.4, -0.2) is 83.5 Å². The Morgan fingerprint density at radius 3 is 2.60 bits per heavy atom. The number of fused-ring (bicyclic) bond motifs is 3. The van der Waals surface area contributed by atoms with Gasteiger partial charge in [-0.2, -0.15) is 0 Å². The molecule has 10 heteroatoms. The zero-order chi connectivity index (χ0) is 28.7. The Hall–Kier alpha value is -2.82. The van der Waals surface area contributed by atoms with Crippen molar-refractivity contribution in [3.05, 3.63) is 35.1 Å². The molecule has 5 rings (SSSR count). The van der Waals surface area contributed by atoms with Gasteiger partial charge in [0.15, 0.2) is 23.2 Å². The van der Waals surface area contributed by atoms with Crippen LogP contribution < -0.4 is 9.47 Å². The van der Waals surface area contributed by atoms with Crippen molar-refractivity contribution in [1.82, 2.24) is 4.90 Å². The molecule has 0 saturated carbocycles. The third kappa shape index (κ3) is 5.29. The lowest BCUT2D eigenvalue weighted by molar-refractivity contribution is -0.179. The van der Waals surface area contributed by atoms with Crippen molar-refractivity contribution in [3.63, 3.8) is 0 Å². The second kappa shape index (κ2) is 10.9. The van der Waals surface area contributed by atoms with Crippen LogP contribution in [0.2, 0.25) is 0 Å². The van der Waals surface area contributed by atoms with Crippen LogP contribution in [0.15, 0.2) is 24.0 Å². The van der Waals surface area contributed by atoms with Crippen LogP contribution in [0.25, 0.3) is 0 Å². The summed E-state index contributed by atoms with van der Waals surface area (Å²) >= 11 is 0. The molecule has 1 saturated heterocycles. The van der Waals surface area contributed by atoms with Crippen LogP contribution in [-0.2, 0) is 30.2 Å². The van der Waals surface area contributed by atoms with Crippen LogP contribution in [0, 0.1) is 0 Å². The number of methoxy groups -OCH3 is 1. The molecule has 3 aliphatic heterocycles. The fraction of sp³-hybridized carbons (Fsp3) is 0.667. The number of hydrogen-bond acceptors (Lipinski definition) is 10. The number of esters is 2. The first kappa shape index (κ1) is 28.7. The minimum absolute atomic E-state index is 0.0649. The van der Waals surface area contributed by atoms with E-state index in [2.05, 4.69) is 11.0 Å². The maximum Gasteiger partial charge on any atom is 0.339 e. The Morgan fingerprint density at radius 1 is 1.15 bits per heavy atom. The molecule has 1 fully saturated rings. The SMILES string of the molecule is CCOC(=O)C[C@](O)(CCCC(C)(C)O)C(=O)O[C@@H]1C(OC)=C[C@]23CCCN2CCc2cc4c(cc2[C@H]13)OCO4. The third-order valence-corrected chi connectivity index (χ3v) is 8.70. The predicted octanol–water partition coefficient (Wildman–Crippen LogP) is 2.97. The van der Waals surface area contributed by atoms with E-state index in [-0.39, 0.29) is 25.7 Å². The summed E-state index contributed by atoms with van der Waals surface area (Å²) in [5.74, 6) is -0.0176. The molecule has 3 heterocycles. The molecule has 0 amide bonds. The number of ether oxygens (including phenoxy) is 5. The molecule has 1 aliphatic carbocycles. The molecule has 0 aromatic heterocycles. The van der Waals surface area contributed by atoms with Crippen molar-refractivity contribution in [3.8, 4) is 11.5 Å². The molecule has 0 radical (unpaired) electrons. The van der Waals surface area contributed by atoms with E-state index >= 15 is 0 Å². The molecule has 0 bridgehead atoms. The maximum atomic E-state index is 13.8. The Morgan fingerprint density at radius 2 is 1.90 bits per heavy atom. The predicted molar refractivity (Wildman–Crippen MR) is 144 cm³/mol. The van der Waals surface area contributed by atoms with Crippen molar-refractivity contribution in [2.45, 2.75) is 94.5 Å². The zero-order valence-corrected chi connectivity index (χ0v) is 23.9. The number of carbonyl (C=O) groups excluding carboxylic acids is 2. The molecule has 4 atom stereocenters. The Labute approximate surface area is 235 Å². The summed E-state index contributed by atoms with van der Waals surface area (Å²) in [6.45, 7) is 7.01. The van der Waals surface area contributed by atoms with Gasteiger partial charge in [-0.25, -0.2) is 4.79 Å². The minimum Gasteiger partial charge on any atom is -0.497 e. The average molecular weight is 560 g/mol. The van der Waals surface area contributed by atoms with Crippen molar-refractivity contribution in [1.29, 1.82) is 0 Å². The van der Waals surface area contributed by atoms with Crippen LogP contribution in [0.3, 0.4) is 0 Å². The van der Waals surface area contributed by atoms with E-state index in [4.69, 9.17) is 23.7 Å². The van der Waals surface area contributed by atoms with Crippen molar-refractivity contribution in [2.75, 3.05) is 33.6 Å². The summed E-state index contributed by atoms with van der Waals surface area (Å²) in [6, 6.07) is 4.01. The number of aliphatic hydroxyl groups is 2. The highest BCUT2D eigenvalue weighted by molar-refractivity contribution is 5.86. The van der Waals surface area contributed by atoms with Gasteiger partial charge in [0, 0.05) is 6.54 Å². The van der Waals surface area contributed by atoms with Crippen LogP contribution >= 0.6 is 0 Å². The Kier molecular flexibility index (Phi) is 7.80. The van der Waals surface area contributed by atoms with E-state index in [0.29, 0.717) is 30.1 Å². The van der Waals surface area contributed by atoms with Gasteiger partial charge in [-0.05, 0) is 95.2 Å². The molecular weight excluding hydrogens is 518 g/mol. The van der Waals surface area contributed by atoms with E-state index < -0.39 is 41.2 Å². The minimum atomic E-state index is -2.12. The number of rotatable bonds is 10. The van der Waals surface area contributed by atoms with Crippen molar-refractivity contribution in [2.24, 2.45) is 0 Å². The van der Waals surface area contributed by atoms with Gasteiger partial charge < -0.3 is 33.9 Å². The summed E-state index contributed by atoms with van der Waals surface area (Å²) in [5.41, 5.74) is -1.42. The lowest BCUT2D eigenvalue weighted by Crippen LogP contribution is -2.49. The second-order valence-corrected chi connectivity index (χ2v) is 12.0. The monoisotopic (exact) mass is 559 g/mol. The summed E-state index contributed by atoms with van der Waals surface area (Å²) < 4.78 is 28.5. The highest BCUT2D eigenvalue weighted by atomic mass is 16.7. The van der Waals surface area contributed by atoms with Gasteiger partial charge >= 0.3 is 11.9 Å².